The Bertz CT molecular complexity index is 1040. The van der Waals surface area contributed by atoms with Gasteiger partial charge in [-0.1, -0.05) is 16.9 Å². The van der Waals surface area contributed by atoms with Crippen molar-refractivity contribution < 1.29 is 9.32 Å². The Morgan fingerprint density at radius 2 is 2.18 bits per heavy atom. The number of fused-ring (bicyclic) bond motifs is 1. The van der Waals surface area contributed by atoms with Gasteiger partial charge < -0.3 is 14.7 Å². The average Bonchev–Trinajstić information content (AvgIpc) is 3.41. The van der Waals surface area contributed by atoms with Crippen molar-refractivity contribution in [1.82, 2.24) is 19.6 Å². The van der Waals surface area contributed by atoms with Gasteiger partial charge in [0.05, 0.1) is 11.3 Å². The van der Waals surface area contributed by atoms with Crippen molar-refractivity contribution in [3.8, 4) is 0 Å². The molecule has 1 saturated heterocycles. The van der Waals surface area contributed by atoms with Crippen molar-refractivity contribution in [2.45, 2.75) is 31.5 Å². The monoisotopic (exact) mass is 419 g/mol. The standard InChI is InChI=1S/C18H21N5O3S2/c1-12-10-14(21-26-12)20-15(24)11-28-18-19-13-4-9-27-16(13)17(25)23(18)8-7-22-5-2-3-6-22/h4,9-10H,2-3,5-8,11H2,1H3,(H,20,21,24). The Morgan fingerprint density at radius 3 is 2.93 bits per heavy atom. The third kappa shape index (κ3) is 4.29. The van der Waals surface area contributed by atoms with E-state index in [1.165, 1.54) is 35.9 Å². The largest absolute Gasteiger partial charge is 0.360 e. The Balaban J connectivity index is 1.49. The summed E-state index contributed by atoms with van der Waals surface area (Å²) in [5.74, 6) is 0.931. The van der Waals surface area contributed by atoms with Crippen molar-refractivity contribution in [3.63, 3.8) is 0 Å². The highest BCUT2D eigenvalue weighted by atomic mass is 32.2. The molecule has 1 N–H and O–H groups in total. The fourth-order valence-corrected chi connectivity index (χ4v) is 4.82. The summed E-state index contributed by atoms with van der Waals surface area (Å²) in [7, 11) is 0. The van der Waals surface area contributed by atoms with Crippen LogP contribution in [0.5, 0.6) is 0 Å². The molecule has 0 aliphatic carbocycles. The molecule has 1 amide bonds. The molecule has 8 nitrogen and oxygen atoms in total. The van der Waals surface area contributed by atoms with Crippen LogP contribution in [0.25, 0.3) is 10.2 Å². The van der Waals surface area contributed by atoms with Gasteiger partial charge in [-0.25, -0.2) is 4.98 Å². The fraction of sp³-hybridized carbons (Fsp3) is 0.444. The number of aromatic nitrogens is 3. The zero-order valence-corrected chi connectivity index (χ0v) is 17.1. The molecule has 3 aromatic rings. The van der Waals surface area contributed by atoms with Crippen LogP contribution in [-0.4, -0.2) is 50.9 Å². The summed E-state index contributed by atoms with van der Waals surface area (Å²) in [4.78, 5) is 32.2. The summed E-state index contributed by atoms with van der Waals surface area (Å²) in [6.07, 6.45) is 2.42. The van der Waals surface area contributed by atoms with E-state index in [1.807, 2.05) is 11.4 Å². The van der Waals surface area contributed by atoms with Crippen LogP contribution in [-0.2, 0) is 11.3 Å². The SMILES string of the molecule is Cc1cc(NC(=O)CSc2nc3ccsc3c(=O)n2CCN2CCCC2)no1. The van der Waals surface area contributed by atoms with Crippen molar-refractivity contribution in [3.05, 3.63) is 33.6 Å². The maximum atomic E-state index is 12.9. The third-order valence-electron chi connectivity index (χ3n) is 4.60. The lowest BCUT2D eigenvalue weighted by Crippen LogP contribution is -2.30. The van der Waals surface area contributed by atoms with E-state index in [-0.39, 0.29) is 17.2 Å². The van der Waals surface area contributed by atoms with Gasteiger partial charge in [-0.15, -0.1) is 11.3 Å². The molecule has 0 saturated carbocycles. The van der Waals surface area contributed by atoms with Crippen molar-refractivity contribution in [1.29, 1.82) is 0 Å². The second-order valence-corrected chi connectivity index (χ2v) is 8.55. The van der Waals surface area contributed by atoms with E-state index in [9.17, 15) is 9.59 Å². The Hall–Kier alpha value is -2.17. The van der Waals surface area contributed by atoms with Crippen LogP contribution in [0.2, 0.25) is 0 Å². The van der Waals surface area contributed by atoms with E-state index in [1.54, 1.807) is 17.6 Å². The number of anilines is 1. The predicted octanol–water partition coefficient (Wildman–Crippen LogP) is 2.58. The summed E-state index contributed by atoms with van der Waals surface area (Å²) in [5.41, 5.74) is 0.650. The molecule has 4 heterocycles. The van der Waals surface area contributed by atoms with E-state index in [0.29, 0.717) is 33.5 Å². The summed E-state index contributed by atoms with van der Waals surface area (Å²) in [5, 5.41) is 8.89. The van der Waals surface area contributed by atoms with Crippen LogP contribution in [0, 0.1) is 6.92 Å². The first-order valence-corrected chi connectivity index (χ1v) is 11.0. The number of aryl methyl sites for hydroxylation is 1. The zero-order chi connectivity index (χ0) is 19.5. The number of carbonyl (C=O) groups is 1. The number of rotatable bonds is 7. The molecule has 0 aromatic carbocycles. The lowest BCUT2D eigenvalue weighted by Gasteiger charge is -2.17. The second-order valence-electron chi connectivity index (χ2n) is 6.69. The third-order valence-corrected chi connectivity index (χ3v) is 6.47. The van der Waals surface area contributed by atoms with Crippen LogP contribution in [0.4, 0.5) is 5.82 Å². The highest BCUT2D eigenvalue weighted by Gasteiger charge is 2.17. The molecule has 0 bridgehead atoms. The topological polar surface area (TPSA) is 93.3 Å². The Labute approximate surface area is 169 Å². The summed E-state index contributed by atoms with van der Waals surface area (Å²) >= 11 is 2.67. The first kappa shape index (κ1) is 19.2. The minimum absolute atomic E-state index is 0.0331. The molecule has 0 unspecified atom stereocenters. The lowest BCUT2D eigenvalue weighted by atomic mass is 10.4. The molecule has 0 spiro atoms. The quantitative estimate of drug-likeness (QED) is 0.465. The molecule has 0 atom stereocenters. The molecule has 1 aliphatic rings. The molecule has 10 heteroatoms. The van der Waals surface area contributed by atoms with Crippen LogP contribution in [0.3, 0.4) is 0 Å². The van der Waals surface area contributed by atoms with E-state index < -0.39 is 0 Å². The van der Waals surface area contributed by atoms with Crippen molar-refractivity contribution in [2.75, 3.05) is 30.7 Å². The zero-order valence-electron chi connectivity index (χ0n) is 15.5. The van der Waals surface area contributed by atoms with E-state index in [4.69, 9.17) is 4.52 Å². The second kappa shape index (κ2) is 8.46. The number of thioether (sulfide) groups is 1. The van der Waals surface area contributed by atoms with Crippen LogP contribution < -0.4 is 10.9 Å². The lowest BCUT2D eigenvalue weighted by molar-refractivity contribution is -0.113. The van der Waals surface area contributed by atoms with Gasteiger partial charge in [-0.05, 0) is 44.3 Å². The van der Waals surface area contributed by atoms with E-state index in [2.05, 4.69) is 20.4 Å². The number of hydrogen-bond donors (Lipinski definition) is 1. The molecule has 4 rings (SSSR count). The van der Waals surface area contributed by atoms with Crippen LogP contribution in [0.15, 0.2) is 32.0 Å². The highest BCUT2D eigenvalue weighted by Crippen LogP contribution is 2.21. The van der Waals surface area contributed by atoms with Gasteiger partial charge in [0.25, 0.3) is 5.56 Å². The Kier molecular flexibility index (Phi) is 5.79. The minimum Gasteiger partial charge on any atom is -0.360 e. The van der Waals surface area contributed by atoms with Gasteiger partial charge >= 0.3 is 0 Å². The van der Waals surface area contributed by atoms with Gasteiger partial charge in [0, 0.05) is 19.2 Å². The maximum Gasteiger partial charge on any atom is 0.272 e. The first-order chi connectivity index (χ1) is 13.6. The summed E-state index contributed by atoms with van der Waals surface area (Å²) < 4.78 is 7.31. The molecule has 1 fully saturated rings. The molecular formula is C18H21N5O3S2. The van der Waals surface area contributed by atoms with Crippen LogP contribution >= 0.6 is 23.1 Å². The summed E-state index contributed by atoms with van der Waals surface area (Å²) in [6.45, 7) is 5.30. The van der Waals surface area contributed by atoms with Crippen molar-refractivity contribution in [2.24, 2.45) is 0 Å². The molecule has 1 aliphatic heterocycles. The average molecular weight is 420 g/mol. The molecule has 28 heavy (non-hydrogen) atoms. The van der Waals surface area contributed by atoms with Gasteiger partial charge in [-0.2, -0.15) is 0 Å². The molecular weight excluding hydrogens is 398 g/mol. The smallest absolute Gasteiger partial charge is 0.272 e. The normalized spacial score (nSPS) is 14.8. The maximum absolute atomic E-state index is 12.9. The van der Waals surface area contributed by atoms with E-state index in [0.717, 1.165) is 19.6 Å². The fourth-order valence-electron chi connectivity index (χ4n) is 3.21. The number of carbonyl (C=O) groups excluding carboxylic acids is 1. The number of likely N-dealkylation sites (tertiary alicyclic amines) is 1. The summed E-state index contributed by atoms with van der Waals surface area (Å²) in [6, 6.07) is 3.50. The van der Waals surface area contributed by atoms with Gasteiger partial charge in [-0.3, -0.25) is 14.2 Å². The minimum atomic E-state index is -0.218. The number of nitrogens with one attached hydrogen (secondary N) is 1. The van der Waals surface area contributed by atoms with Gasteiger partial charge in [0.1, 0.15) is 10.5 Å². The van der Waals surface area contributed by atoms with Gasteiger partial charge in [0.2, 0.25) is 5.91 Å². The Morgan fingerprint density at radius 1 is 1.36 bits per heavy atom. The van der Waals surface area contributed by atoms with Gasteiger partial charge in [0.15, 0.2) is 11.0 Å². The number of amides is 1. The highest BCUT2D eigenvalue weighted by molar-refractivity contribution is 7.99. The first-order valence-electron chi connectivity index (χ1n) is 9.16. The molecule has 3 aromatic heterocycles. The van der Waals surface area contributed by atoms with Crippen LogP contribution in [0.1, 0.15) is 18.6 Å². The molecule has 148 valence electrons. The van der Waals surface area contributed by atoms with E-state index >= 15 is 0 Å². The number of hydrogen-bond acceptors (Lipinski definition) is 8. The number of nitrogens with zero attached hydrogens (tertiary/aromatic N) is 4. The van der Waals surface area contributed by atoms with Crippen molar-refractivity contribution >= 4 is 45.0 Å². The predicted molar refractivity (Wildman–Crippen MR) is 110 cm³/mol. The number of thiophene rings is 1. The molecule has 0 radical (unpaired) electrons.